The van der Waals surface area contributed by atoms with E-state index in [2.05, 4.69) is 32.5 Å². The van der Waals surface area contributed by atoms with Crippen LogP contribution in [-0.4, -0.2) is 41.3 Å². The van der Waals surface area contributed by atoms with Crippen LogP contribution in [0.1, 0.15) is 0 Å². The summed E-state index contributed by atoms with van der Waals surface area (Å²) in [5.41, 5.74) is 7.09. The summed E-state index contributed by atoms with van der Waals surface area (Å²) in [4.78, 5) is 8.94. The highest BCUT2D eigenvalue weighted by Gasteiger charge is 2.23. The Morgan fingerprint density at radius 2 is 1.50 bits per heavy atom. The third-order valence-corrected chi connectivity index (χ3v) is 4.86. The fourth-order valence-electron chi connectivity index (χ4n) is 3.52. The molecule has 2 aromatic heterocycles. The van der Waals surface area contributed by atoms with E-state index in [-0.39, 0.29) is 0 Å². The molecule has 0 aliphatic carbocycles. The molecule has 0 radical (unpaired) electrons. The van der Waals surface area contributed by atoms with Gasteiger partial charge in [-0.05, 0) is 5.56 Å². The van der Waals surface area contributed by atoms with Gasteiger partial charge in [-0.2, -0.15) is 0 Å². The summed E-state index contributed by atoms with van der Waals surface area (Å²) < 4.78 is 11.7. The molecule has 1 N–H and O–H groups in total. The summed E-state index contributed by atoms with van der Waals surface area (Å²) in [7, 11) is 0. The van der Waals surface area contributed by atoms with Gasteiger partial charge in [0.05, 0.1) is 18.6 Å². The maximum Gasteiger partial charge on any atom is 0.232 e. The summed E-state index contributed by atoms with van der Waals surface area (Å²) in [6.07, 6.45) is 1.54. The van der Waals surface area contributed by atoms with Crippen molar-refractivity contribution >= 4 is 16.9 Å². The Labute approximate surface area is 162 Å². The van der Waals surface area contributed by atoms with Crippen LogP contribution in [0.25, 0.3) is 33.6 Å². The maximum absolute atomic E-state index is 6.24. The van der Waals surface area contributed by atoms with Gasteiger partial charge >= 0.3 is 0 Å². The topological polar surface area (TPSA) is 63.4 Å². The van der Waals surface area contributed by atoms with Crippen LogP contribution in [0.15, 0.2) is 71.4 Å². The van der Waals surface area contributed by atoms with Gasteiger partial charge in [0.2, 0.25) is 5.71 Å². The maximum atomic E-state index is 6.24. The van der Waals surface area contributed by atoms with E-state index in [0.29, 0.717) is 18.9 Å². The number of benzene rings is 2. The molecule has 1 fully saturated rings. The van der Waals surface area contributed by atoms with Gasteiger partial charge in [-0.1, -0.05) is 60.7 Å². The Bertz CT molecular complexity index is 1070. The molecule has 6 nitrogen and oxygen atoms in total. The molecule has 5 rings (SSSR count). The highest BCUT2D eigenvalue weighted by atomic mass is 16.5. The number of anilines is 1. The SMILES string of the molecule is c1ccc(-c2oc3ncnc(NN4CCOCC4)c3c2-c2ccccc2)cc1. The van der Waals surface area contributed by atoms with Crippen molar-refractivity contribution in [1.82, 2.24) is 15.0 Å². The van der Waals surface area contributed by atoms with E-state index in [1.165, 1.54) is 6.33 Å². The van der Waals surface area contributed by atoms with E-state index >= 15 is 0 Å². The zero-order valence-electron chi connectivity index (χ0n) is 15.3. The minimum Gasteiger partial charge on any atom is -0.437 e. The fourth-order valence-corrected chi connectivity index (χ4v) is 3.52. The molecule has 140 valence electrons. The first-order valence-corrected chi connectivity index (χ1v) is 9.38. The quantitative estimate of drug-likeness (QED) is 0.579. The smallest absolute Gasteiger partial charge is 0.232 e. The van der Waals surface area contributed by atoms with Gasteiger partial charge in [-0.3, -0.25) is 0 Å². The Kier molecular flexibility index (Phi) is 4.48. The standard InChI is InChI=1S/C22H20N4O2/c1-3-7-16(8-4-1)18-19-21(25-26-11-13-27-14-12-26)23-15-24-22(19)28-20(18)17-9-5-2-6-10-17/h1-10,15H,11-14H2,(H,23,24,25). The first-order chi connectivity index (χ1) is 13.9. The lowest BCUT2D eigenvalue weighted by Gasteiger charge is -2.27. The second kappa shape index (κ2) is 7.42. The van der Waals surface area contributed by atoms with E-state index in [4.69, 9.17) is 9.15 Å². The number of hydrogen-bond acceptors (Lipinski definition) is 6. The van der Waals surface area contributed by atoms with Crippen LogP contribution >= 0.6 is 0 Å². The van der Waals surface area contributed by atoms with Crippen molar-refractivity contribution in [1.29, 1.82) is 0 Å². The van der Waals surface area contributed by atoms with Crippen LogP contribution in [0.3, 0.4) is 0 Å². The van der Waals surface area contributed by atoms with Crippen LogP contribution in [0.4, 0.5) is 5.82 Å². The van der Waals surface area contributed by atoms with Crippen LogP contribution < -0.4 is 5.43 Å². The summed E-state index contributed by atoms with van der Waals surface area (Å²) in [6, 6.07) is 20.4. The Morgan fingerprint density at radius 1 is 0.821 bits per heavy atom. The number of fused-ring (bicyclic) bond motifs is 1. The van der Waals surface area contributed by atoms with Gasteiger partial charge in [0.1, 0.15) is 12.1 Å². The third-order valence-electron chi connectivity index (χ3n) is 4.86. The molecule has 0 unspecified atom stereocenters. The number of rotatable bonds is 4. The second-order valence-electron chi connectivity index (χ2n) is 6.65. The second-order valence-corrected chi connectivity index (χ2v) is 6.65. The molecular formula is C22H20N4O2. The van der Waals surface area contributed by atoms with Gasteiger partial charge in [-0.25, -0.2) is 15.0 Å². The molecule has 4 aromatic rings. The molecule has 1 aliphatic rings. The van der Waals surface area contributed by atoms with Crippen molar-refractivity contribution in [2.24, 2.45) is 0 Å². The van der Waals surface area contributed by atoms with E-state index < -0.39 is 0 Å². The average molecular weight is 372 g/mol. The summed E-state index contributed by atoms with van der Waals surface area (Å²) in [5, 5.41) is 3.01. The normalized spacial score (nSPS) is 15.0. The minimum absolute atomic E-state index is 0.573. The molecule has 0 spiro atoms. The van der Waals surface area contributed by atoms with Gasteiger partial charge in [0.15, 0.2) is 5.82 Å². The van der Waals surface area contributed by atoms with Crippen LogP contribution in [0, 0.1) is 0 Å². The first-order valence-electron chi connectivity index (χ1n) is 9.38. The highest BCUT2D eigenvalue weighted by molar-refractivity contribution is 6.05. The molecular weight excluding hydrogens is 352 g/mol. The number of aromatic nitrogens is 2. The Balaban J connectivity index is 1.71. The molecule has 0 saturated carbocycles. The molecule has 0 atom stereocenters. The number of hydrogen-bond donors (Lipinski definition) is 1. The van der Waals surface area contributed by atoms with Crippen molar-refractivity contribution in [2.75, 3.05) is 31.7 Å². The lowest BCUT2D eigenvalue weighted by atomic mass is 9.99. The van der Waals surface area contributed by atoms with Crippen LogP contribution in [0.2, 0.25) is 0 Å². The molecule has 2 aromatic carbocycles. The zero-order valence-corrected chi connectivity index (χ0v) is 15.3. The summed E-state index contributed by atoms with van der Waals surface area (Å²) in [5.74, 6) is 1.55. The van der Waals surface area contributed by atoms with Gasteiger partial charge < -0.3 is 14.6 Å². The summed E-state index contributed by atoms with van der Waals surface area (Å²) in [6.45, 7) is 3.01. The lowest BCUT2D eigenvalue weighted by molar-refractivity contribution is 0.0495. The van der Waals surface area contributed by atoms with Crippen LogP contribution in [-0.2, 0) is 4.74 Å². The average Bonchev–Trinajstić information content (AvgIpc) is 3.16. The predicted molar refractivity (Wildman–Crippen MR) is 109 cm³/mol. The number of ether oxygens (including phenoxy) is 1. The number of hydrazine groups is 1. The number of nitrogens with one attached hydrogen (secondary N) is 1. The lowest BCUT2D eigenvalue weighted by Crippen LogP contribution is -2.40. The molecule has 28 heavy (non-hydrogen) atoms. The molecule has 0 bridgehead atoms. The fraction of sp³-hybridized carbons (Fsp3) is 0.182. The van der Waals surface area contributed by atoms with Crippen molar-refractivity contribution in [3.05, 3.63) is 67.0 Å². The Hall–Kier alpha value is -3.22. The van der Waals surface area contributed by atoms with E-state index in [9.17, 15) is 0 Å². The first kappa shape index (κ1) is 16.9. The van der Waals surface area contributed by atoms with Crippen LogP contribution in [0.5, 0.6) is 0 Å². The number of morpholine rings is 1. The van der Waals surface area contributed by atoms with Gasteiger partial charge in [-0.15, -0.1) is 0 Å². The largest absolute Gasteiger partial charge is 0.437 e. The van der Waals surface area contributed by atoms with E-state index in [1.54, 1.807) is 0 Å². The van der Waals surface area contributed by atoms with Gasteiger partial charge in [0.25, 0.3) is 0 Å². The van der Waals surface area contributed by atoms with Crippen molar-refractivity contribution in [3.8, 4) is 22.5 Å². The minimum atomic E-state index is 0.573. The van der Waals surface area contributed by atoms with Crippen molar-refractivity contribution in [3.63, 3.8) is 0 Å². The van der Waals surface area contributed by atoms with Crippen molar-refractivity contribution in [2.45, 2.75) is 0 Å². The number of nitrogens with zero attached hydrogens (tertiary/aromatic N) is 3. The number of furan rings is 1. The Morgan fingerprint density at radius 3 is 2.21 bits per heavy atom. The molecule has 1 aliphatic heterocycles. The highest BCUT2D eigenvalue weighted by Crippen LogP contribution is 2.42. The van der Waals surface area contributed by atoms with E-state index in [0.717, 1.165) is 46.7 Å². The molecule has 1 saturated heterocycles. The predicted octanol–water partition coefficient (Wildman–Crippen LogP) is 4.22. The third kappa shape index (κ3) is 3.13. The molecule has 3 heterocycles. The monoisotopic (exact) mass is 372 g/mol. The van der Waals surface area contributed by atoms with Crippen molar-refractivity contribution < 1.29 is 9.15 Å². The summed E-state index contributed by atoms with van der Waals surface area (Å²) >= 11 is 0. The van der Waals surface area contributed by atoms with E-state index in [1.807, 2.05) is 48.5 Å². The van der Waals surface area contributed by atoms with Gasteiger partial charge in [0, 0.05) is 24.2 Å². The molecule has 0 amide bonds. The molecule has 6 heteroatoms. The zero-order chi connectivity index (χ0) is 18.8.